The van der Waals surface area contributed by atoms with Gasteiger partial charge in [0.15, 0.2) is 5.78 Å². The van der Waals surface area contributed by atoms with Crippen molar-refractivity contribution in [3.8, 4) is 0 Å². The molecule has 3 rings (SSSR count). The van der Waals surface area contributed by atoms with E-state index in [1.807, 2.05) is 48.9 Å². The lowest BCUT2D eigenvalue weighted by Crippen LogP contribution is -2.14. The van der Waals surface area contributed by atoms with E-state index in [1.54, 1.807) is 6.07 Å². The van der Waals surface area contributed by atoms with E-state index in [0.717, 1.165) is 24.1 Å². The van der Waals surface area contributed by atoms with Crippen LogP contribution in [0.25, 0.3) is 15.9 Å². The van der Waals surface area contributed by atoms with Crippen molar-refractivity contribution in [2.24, 2.45) is 13.0 Å². The van der Waals surface area contributed by atoms with Gasteiger partial charge in [-0.2, -0.15) is 0 Å². The molecule has 7 heteroatoms. The van der Waals surface area contributed by atoms with Crippen LogP contribution in [0.3, 0.4) is 0 Å². The summed E-state index contributed by atoms with van der Waals surface area (Å²) in [6.45, 7) is 10.4. The third-order valence-corrected chi connectivity index (χ3v) is 6.12. The number of carboxylic acid groups (broad SMARTS) is 1. The zero-order chi connectivity index (χ0) is 24.5. The van der Waals surface area contributed by atoms with Crippen molar-refractivity contribution in [2.75, 3.05) is 6.61 Å². The van der Waals surface area contributed by atoms with Crippen LogP contribution in [0.4, 0.5) is 5.69 Å². The van der Waals surface area contributed by atoms with Gasteiger partial charge in [-0.3, -0.25) is 9.59 Å². The Bertz CT molecular complexity index is 1180. The number of fused-ring (bicyclic) bond motifs is 1. The summed E-state index contributed by atoms with van der Waals surface area (Å²) in [5.74, 6) is -1.21. The number of aryl methyl sites for hydroxylation is 1. The molecule has 34 heavy (non-hydrogen) atoms. The fourth-order valence-corrected chi connectivity index (χ4v) is 4.25. The van der Waals surface area contributed by atoms with Gasteiger partial charge in [0.1, 0.15) is 5.65 Å². The van der Waals surface area contributed by atoms with Crippen molar-refractivity contribution < 1.29 is 19.4 Å². The molecule has 0 unspecified atom stereocenters. The molecule has 7 nitrogen and oxygen atoms in total. The Morgan fingerprint density at radius 2 is 1.97 bits per heavy atom. The minimum absolute atomic E-state index is 0.0351. The Morgan fingerprint density at radius 1 is 1.21 bits per heavy atom. The number of hydrogen-bond acceptors (Lipinski definition) is 4. The minimum atomic E-state index is -0.898. The second-order valence-electron chi connectivity index (χ2n) is 8.55. The number of Topliss-reactive ketones (excluding diaryl/α,β-unsaturated/α-hetero) is 1. The molecular formula is C27H31N3O4. The summed E-state index contributed by atoms with van der Waals surface area (Å²) in [5.41, 5.74) is 3.63. The van der Waals surface area contributed by atoms with Crippen molar-refractivity contribution >= 4 is 28.5 Å². The molecule has 0 aliphatic carbocycles. The summed E-state index contributed by atoms with van der Waals surface area (Å²) < 4.78 is 7.71. The number of aromatic nitrogens is 2. The van der Waals surface area contributed by atoms with Crippen molar-refractivity contribution in [3.05, 3.63) is 70.8 Å². The SMILES string of the molecule is [C-]#[N+]c1cnc2c(c1)c(C(=O)C[C@@H](CC)CC(=O)O)c(CCCCOCc1ccccc1)n2C. The highest BCUT2D eigenvalue weighted by Crippen LogP contribution is 2.31. The minimum Gasteiger partial charge on any atom is -0.481 e. The monoisotopic (exact) mass is 461 g/mol. The topological polar surface area (TPSA) is 85.8 Å². The second kappa shape index (κ2) is 12.1. The van der Waals surface area contributed by atoms with Crippen molar-refractivity contribution in [1.82, 2.24) is 9.55 Å². The molecule has 0 saturated heterocycles. The van der Waals surface area contributed by atoms with E-state index in [9.17, 15) is 14.7 Å². The van der Waals surface area contributed by atoms with E-state index < -0.39 is 5.97 Å². The predicted molar refractivity (Wildman–Crippen MR) is 131 cm³/mol. The van der Waals surface area contributed by atoms with E-state index in [2.05, 4.69) is 9.83 Å². The molecule has 3 aromatic rings. The lowest BCUT2D eigenvalue weighted by molar-refractivity contribution is -0.138. The number of aliphatic carboxylic acids is 1. The largest absolute Gasteiger partial charge is 0.481 e. The Kier molecular flexibility index (Phi) is 8.94. The molecule has 0 aliphatic rings. The number of rotatable bonds is 13. The van der Waals surface area contributed by atoms with Gasteiger partial charge < -0.3 is 14.4 Å². The van der Waals surface area contributed by atoms with Gasteiger partial charge in [0.05, 0.1) is 13.2 Å². The van der Waals surface area contributed by atoms with Crippen LogP contribution in [0.15, 0.2) is 42.6 Å². The molecule has 1 atom stereocenters. The van der Waals surface area contributed by atoms with Gasteiger partial charge >= 0.3 is 5.97 Å². The quantitative estimate of drug-likeness (QED) is 0.199. The van der Waals surface area contributed by atoms with E-state index in [1.165, 1.54) is 6.20 Å². The first kappa shape index (κ1) is 25.1. The number of ether oxygens (including phenoxy) is 1. The second-order valence-corrected chi connectivity index (χ2v) is 8.55. The number of ketones is 1. The highest BCUT2D eigenvalue weighted by Gasteiger charge is 2.25. The smallest absolute Gasteiger partial charge is 0.303 e. The van der Waals surface area contributed by atoms with E-state index in [-0.39, 0.29) is 24.5 Å². The average molecular weight is 462 g/mol. The van der Waals surface area contributed by atoms with Crippen LogP contribution >= 0.6 is 0 Å². The fourth-order valence-electron chi connectivity index (χ4n) is 4.25. The summed E-state index contributed by atoms with van der Waals surface area (Å²) in [6.07, 6.45) is 4.61. The number of carbonyl (C=O) groups is 2. The van der Waals surface area contributed by atoms with Gasteiger partial charge in [0.25, 0.3) is 0 Å². The van der Waals surface area contributed by atoms with Gasteiger partial charge in [-0.15, -0.1) is 0 Å². The highest BCUT2D eigenvalue weighted by molar-refractivity contribution is 6.09. The lowest BCUT2D eigenvalue weighted by Gasteiger charge is -2.13. The Balaban J connectivity index is 1.75. The third-order valence-electron chi connectivity index (χ3n) is 6.12. The van der Waals surface area contributed by atoms with Gasteiger partial charge in [-0.05, 0) is 36.8 Å². The van der Waals surface area contributed by atoms with E-state index >= 15 is 0 Å². The third kappa shape index (κ3) is 6.30. The highest BCUT2D eigenvalue weighted by atomic mass is 16.5. The van der Waals surface area contributed by atoms with Crippen molar-refractivity contribution in [3.63, 3.8) is 0 Å². The maximum atomic E-state index is 13.4. The van der Waals surface area contributed by atoms with E-state index in [0.29, 0.717) is 48.3 Å². The van der Waals surface area contributed by atoms with Crippen molar-refractivity contribution in [2.45, 2.75) is 52.1 Å². The molecule has 0 saturated carbocycles. The van der Waals surface area contributed by atoms with E-state index in [4.69, 9.17) is 11.3 Å². The standard InChI is InChI=1S/C27H31N3O4/c1-4-19(15-25(32)33)14-24(31)26-22-16-21(28-2)17-29-27(22)30(3)23(26)12-8-9-13-34-18-20-10-6-5-7-11-20/h5-7,10-11,16-17,19H,4,8-9,12-15,18H2,1,3H3,(H,32,33)/t19-/m1/s1. The summed E-state index contributed by atoms with van der Waals surface area (Å²) in [4.78, 5) is 32.5. The first-order valence-corrected chi connectivity index (χ1v) is 11.7. The summed E-state index contributed by atoms with van der Waals surface area (Å²) in [7, 11) is 1.89. The van der Waals surface area contributed by atoms with Crippen LogP contribution in [0.5, 0.6) is 0 Å². The zero-order valence-electron chi connectivity index (χ0n) is 19.8. The normalized spacial score (nSPS) is 11.9. The van der Waals surface area contributed by atoms with Crippen LogP contribution in [0, 0.1) is 12.5 Å². The van der Waals surface area contributed by atoms with Gasteiger partial charge in [-0.25, -0.2) is 9.83 Å². The Labute approximate surface area is 200 Å². The predicted octanol–water partition coefficient (Wildman–Crippen LogP) is 5.74. The summed E-state index contributed by atoms with van der Waals surface area (Å²) >= 11 is 0. The number of unbranched alkanes of at least 4 members (excludes halogenated alkanes) is 1. The molecule has 0 aliphatic heterocycles. The maximum Gasteiger partial charge on any atom is 0.303 e. The first-order chi connectivity index (χ1) is 16.4. The Hall–Kier alpha value is -3.50. The number of carboxylic acids is 1. The van der Waals surface area contributed by atoms with Crippen molar-refractivity contribution in [1.29, 1.82) is 0 Å². The van der Waals surface area contributed by atoms with Gasteiger partial charge in [0, 0.05) is 49.3 Å². The lowest BCUT2D eigenvalue weighted by atomic mass is 9.91. The molecule has 0 radical (unpaired) electrons. The molecule has 0 spiro atoms. The van der Waals surface area contributed by atoms with Crippen LogP contribution in [0.2, 0.25) is 0 Å². The average Bonchev–Trinajstić information content (AvgIpc) is 3.11. The number of nitrogens with zero attached hydrogens (tertiary/aromatic N) is 3. The van der Waals surface area contributed by atoms with Crippen LogP contribution in [-0.2, 0) is 29.6 Å². The molecule has 2 heterocycles. The molecule has 178 valence electrons. The van der Waals surface area contributed by atoms with Gasteiger partial charge in [0.2, 0.25) is 5.69 Å². The Morgan fingerprint density at radius 3 is 2.65 bits per heavy atom. The zero-order valence-corrected chi connectivity index (χ0v) is 19.8. The van der Waals surface area contributed by atoms with Crippen LogP contribution < -0.4 is 0 Å². The summed E-state index contributed by atoms with van der Waals surface area (Å²) in [5, 5.41) is 9.85. The molecular weight excluding hydrogens is 430 g/mol. The number of hydrogen-bond donors (Lipinski definition) is 1. The van der Waals surface area contributed by atoms with Crippen LogP contribution in [-0.4, -0.2) is 33.0 Å². The maximum absolute atomic E-state index is 13.4. The molecule has 0 bridgehead atoms. The van der Waals surface area contributed by atoms with Crippen LogP contribution in [0.1, 0.15) is 60.6 Å². The molecule has 1 N–H and O–H groups in total. The molecule has 1 aromatic carbocycles. The number of pyridine rings is 1. The molecule has 0 amide bonds. The first-order valence-electron chi connectivity index (χ1n) is 11.7. The summed E-state index contributed by atoms with van der Waals surface area (Å²) in [6, 6.07) is 11.7. The molecule has 2 aromatic heterocycles. The fraction of sp³-hybridized carbons (Fsp3) is 0.407. The van der Waals surface area contributed by atoms with Gasteiger partial charge in [-0.1, -0.05) is 43.7 Å². The molecule has 0 fully saturated rings. The number of carbonyl (C=O) groups excluding carboxylic acids is 1. The number of benzene rings is 1.